The van der Waals surface area contributed by atoms with Crippen molar-refractivity contribution < 1.29 is 8.42 Å². The third-order valence-electron chi connectivity index (χ3n) is 7.42. The fourth-order valence-corrected chi connectivity index (χ4v) is 7.32. The zero-order valence-corrected chi connectivity index (χ0v) is 21.2. The molecule has 4 aromatic rings. The Morgan fingerprint density at radius 1 is 0.667 bits per heavy atom. The molecule has 0 saturated carbocycles. The third-order valence-corrected chi connectivity index (χ3v) is 9.27. The maximum absolute atomic E-state index is 13.6. The Morgan fingerprint density at radius 3 is 2.17 bits per heavy atom. The van der Waals surface area contributed by atoms with Gasteiger partial charge in [0.25, 0.3) is 10.0 Å². The molecule has 4 aromatic carbocycles. The van der Waals surface area contributed by atoms with Gasteiger partial charge < -0.3 is 4.90 Å². The molecular weight excluding hydrogens is 466 g/mol. The predicted octanol–water partition coefficient (Wildman–Crippen LogP) is 5.30. The standard InChI is InChI=1S/C30H31N3O2S/c34-36(35)29-14-7-13-26-27(32-19-8-18-31(21-22-32)23-25-11-5-2-6-12-25)15-16-28(30(26)29)33(36)20-17-24-9-3-1-4-10-24/h1-7,9-16H,8,17-23H2. The summed E-state index contributed by atoms with van der Waals surface area (Å²) in [5.74, 6) is 0. The van der Waals surface area contributed by atoms with E-state index in [1.807, 2.05) is 30.3 Å². The summed E-state index contributed by atoms with van der Waals surface area (Å²) in [5.41, 5.74) is 4.43. The van der Waals surface area contributed by atoms with Gasteiger partial charge in [0.2, 0.25) is 0 Å². The Bertz CT molecular complexity index is 1470. The van der Waals surface area contributed by atoms with Gasteiger partial charge in [0.15, 0.2) is 0 Å². The first kappa shape index (κ1) is 23.1. The van der Waals surface area contributed by atoms with Crippen molar-refractivity contribution >= 4 is 32.2 Å². The highest BCUT2D eigenvalue weighted by atomic mass is 32.2. The van der Waals surface area contributed by atoms with Crippen LogP contribution in [-0.2, 0) is 23.0 Å². The maximum Gasteiger partial charge on any atom is 0.265 e. The van der Waals surface area contributed by atoms with E-state index in [9.17, 15) is 8.42 Å². The normalized spacial score (nSPS) is 17.4. The Morgan fingerprint density at radius 2 is 1.39 bits per heavy atom. The van der Waals surface area contributed by atoms with Crippen molar-refractivity contribution in [1.82, 2.24) is 4.90 Å². The highest BCUT2D eigenvalue weighted by Gasteiger charge is 2.36. The van der Waals surface area contributed by atoms with Crippen LogP contribution in [0.5, 0.6) is 0 Å². The summed E-state index contributed by atoms with van der Waals surface area (Å²) in [6, 6.07) is 30.6. The average Bonchev–Trinajstić information content (AvgIpc) is 3.03. The number of nitrogens with zero attached hydrogens (tertiary/aromatic N) is 3. The van der Waals surface area contributed by atoms with Gasteiger partial charge in [-0.15, -0.1) is 0 Å². The molecule has 0 bridgehead atoms. The lowest BCUT2D eigenvalue weighted by atomic mass is 10.0. The average molecular weight is 498 g/mol. The minimum Gasteiger partial charge on any atom is -0.370 e. The second-order valence-corrected chi connectivity index (χ2v) is 11.5. The highest BCUT2D eigenvalue weighted by Crippen LogP contribution is 2.45. The van der Waals surface area contributed by atoms with E-state index >= 15 is 0 Å². The van der Waals surface area contributed by atoms with E-state index < -0.39 is 10.0 Å². The van der Waals surface area contributed by atoms with E-state index in [-0.39, 0.29) is 0 Å². The van der Waals surface area contributed by atoms with Crippen molar-refractivity contribution in [2.75, 3.05) is 41.9 Å². The fraction of sp³-hybridized carbons (Fsp3) is 0.267. The van der Waals surface area contributed by atoms with Crippen LogP contribution in [0.2, 0.25) is 0 Å². The lowest BCUT2D eigenvalue weighted by Crippen LogP contribution is -2.30. The molecule has 36 heavy (non-hydrogen) atoms. The molecule has 2 aliphatic heterocycles. The van der Waals surface area contributed by atoms with Crippen LogP contribution in [0.25, 0.3) is 10.8 Å². The van der Waals surface area contributed by atoms with Crippen molar-refractivity contribution in [3.63, 3.8) is 0 Å². The van der Waals surface area contributed by atoms with Gasteiger partial charge in [-0.05, 0) is 42.2 Å². The molecule has 2 heterocycles. The smallest absolute Gasteiger partial charge is 0.265 e. The van der Waals surface area contributed by atoms with Crippen molar-refractivity contribution in [3.8, 4) is 0 Å². The summed E-state index contributed by atoms with van der Waals surface area (Å²) < 4.78 is 28.7. The van der Waals surface area contributed by atoms with Crippen LogP contribution < -0.4 is 9.21 Å². The van der Waals surface area contributed by atoms with Gasteiger partial charge in [0, 0.05) is 55.7 Å². The van der Waals surface area contributed by atoms with Gasteiger partial charge in [0.1, 0.15) is 0 Å². The molecule has 0 atom stereocenters. The minimum absolute atomic E-state index is 0.436. The van der Waals surface area contributed by atoms with Gasteiger partial charge in [-0.25, -0.2) is 8.42 Å². The van der Waals surface area contributed by atoms with E-state index in [0.29, 0.717) is 17.9 Å². The number of hydrogen-bond acceptors (Lipinski definition) is 4. The summed E-state index contributed by atoms with van der Waals surface area (Å²) in [4.78, 5) is 5.39. The molecule has 0 unspecified atom stereocenters. The largest absolute Gasteiger partial charge is 0.370 e. The molecule has 184 valence electrons. The molecule has 0 aliphatic carbocycles. The number of hydrogen-bond donors (Lipinski definition) is 0. The van der Waals surface area contributed by atoms with Crippen LogP contribution in [0.1, 0.15) is 17.5 Å². The topological polar surface area (TPSA) is 43.9 Å². The second-order valence-electron chi connectivity index (χ2n) is 9.70. The Balaban J connectivity index is 1.27. The van der Waals surface area contributed by atoms with Gasteiger partial charge in [-0.2, -0.15) is 0 Å². The van der Waals surface area contributed by atoms with Crippen LogP contribution in [0.4, 0.5) is 11.4 Å². The summed E-state index contributed by atoms with van der Waals surface area (Å²) in [5, 5.41) is 1.90. The van der Waals surface area contributed by atoms with Crippen LogP contribution in [-0.4, -0.2) is 46.0 Å². The fourth-order valence-electron chi connectivity index (χ4n) is 5.61. The number of rotatable bonds is 6. The number of sulfonamides is 1. The Hall–Kier alpha value is -3.35. The van der Waals surface area contributed by atoms with Crippen LogP contribution in [0, 0.1) is 0 Å². The van der Waals surface area contributed by atoms with Gasteiger partial charge in [-0.1, -0.05) is 72.8 Å². The highest BCUT2D eigenvalue weighted by molar-refractivity contribution is 7.93. The van der Waals surface area contributed by atoms with Crippen molar-refractivity contribution in [2.45, 2.75) is 24.3 Å². The van der Waals surface area contributed by atoms with Gasteiger partial charge >= 0.3 is 0 Å². The van der Waals surface area contributed by atoms with Crippen LogP contribution in [0.15, 0.2) is 95.9 Å². The first-order valence-corrected chi connectivity index (χ1v) is 14.2. The molecule has 1 saturated heterocycles. The first-order chi connectivity index (χ1) is 17.6. The third kappa shape index (κ3) is 4.25. The lowest BCUT2D eigenvalue weighted by molar-refractivity contribution is 0.285. The van der Waals surface area contributed by atoms with Gasteiger partial charge in [-0.3, -0.25) is 9.21 Å². The summed E-state index contributed by atoms with van der Waals surface area (Å²) in [6.07, 6.45) is 1.76. The molecule has 0 N–H and O–H groups in total. The summed E-state index contributed by atoms with van der Waals surface area (Å²) >= 11 is 0. The molecule has 0 amide bonds. The maximum atomic E-state index is 13.6. The van der Waals surface area contributed by atoms with Crippen LogP contribution in [0.3, 0.4) is 0 Å². The molecular formula is C30H31N3O2S. The van der Waals surface area contributed by atoms with Gasteiger partial charge in [0.05, 0.1) is 10.6 Å². The Labute approximate surface area is 213 Å². The SMILES string of the molecule is O=S1(=O)c2cccc3c(N4CCCN(Cc5ccccc5)CC4)ccc(c23)N1CCc1ccccc1. The van der Waals surface area contributed by atoms with Crippen molar-refractivity contribution in [3.05, 3.63) is 102 Å². The lowest BCUT2D eigenvalue weighted by Gasteiger charge is -2.26. The quantitative estimate of drug-likeness (QED) is 0.362. The molecule has 0 radical (unpaired) electrons. The monoisotopic (exact) mass is 497 g/mol. The van der Waals surface area contributed by atoms with E-state index in [1.165, 1.54) is 5.56 Å². The van der Waals surface area contributed by atoms with Crippen molar-refractivity contribution in [2.24, 2.45) is 0 Å². The second kappa shape index (κ2) is 9.60. The first-order valence-electron chi connectivity index (χ1n) is 12.7. The number of anilines is 2. The number of benzene rings is 4. The summed E-state index contributed by atoms with van der Waals surface area (Å²) in [6.45, 7) is 5.35. The predicted molar refractivity (Wildman–Crippen MR) is 147 cm³/mol. The molecule has 0 aromatic heterocycles. The molecule has 1 fully saturated rings. The minimum atomic E-state index is -3.56. The summed E-state index contributed by atoms with van der Waals surface area (Å²) in [7, 11) is -3.56. The molecule has 2 aliphatic rings. The molecule has 6 heteroatoms. The van der Waals surface area contributed by atoms with Crippen molar-refractivity contribution in [1.29, 1.82) is 0 Å². The van der Waals surface area contributed by atoms with E-state index in [0.717, 1.165) is 66.9 Å². The molecule has 5 nitrogen and oxygen atoms in total. The van der Waals surface area contributed by atoms with E-state index in [2.05, 4.69) is 64.4 Å². The van der Waals surface area contributed by atoms with E-state index in [4.69, 9.17) is 0 Å². The molecule has 6 rings (SSSR count). The van der Waals surface area contributed by atoms with E-state index in [1.54, 1.807) is 10.4 Å². The Kier molecular flexibility index (Phi) is 6.15. The zero-order chi connectivity index (χ0) is 24.5. The molecule has 0 spiro atoms. The zero-order valence-electron chi connectivity index (χ0n) is 20.4. The van der Waals surface area contributed by atoms with Crippen LogP contribution >= 0.6 is 0 Å².